The van der Waals surface area contributed by atoms with Crippen LogP contribution in [0, 0.1) is 6.92 Å². The van der Waals surface area contributed by atoms with Crippen LogP contribution in [0.3, 0.4) is 0 Å². The molecular formula is C24H20BF3NO4-. The number of hydrogen-bond acceptors (Lipinski definition) is 3. The number of amides is 1. The Hall–Kier alpha value is -3.75. The lowest BCUT2D eigenvalue weighted by Gasteiger charge is -2.25. The molecular weight excluding hydrogens is 434 g/mol. The number of carbonyl (C=O) groups is 2. The molecule has 0 spiro atoms. The average molecular weight is 454 g/mol. The third kappa shape index (κ3) is 4.06. The van der Waals surface area contributed by atoms with E-state index in [4.69, 9.17) is 4.74 Å². The summed E-state index contributed by atoms with van der Waals surface area (Å²) in [5.74, 6) is -1.71. The fourth-order valence-corrected chi connectivity index (χ4v) is 4.27. The zero-order chi connectivity index (χ0) is 23.9. The first-order valence-corrected chi connectivity index (χ1v) is 10.3. The van der Waals surface area contributed by atoms with E-state index in [0.29, 0.717) is 0 Å². The van der Waals surface area contributed by atoms with Crippen molar-refractivity contribution in [3.63, 3.8) is 0 Å². The molecule has 0 atom stereocenters. The number of fused-ring (bicyclic) bond motifs is 3. The molecule has 3 aromatic carbocycles. The quantitative estimate of drug-likeness (QED) is 0.543. The second kappa shape index (κ2) is 8.31. The summed E-state index contributed by atoms with van der Waals surface area (Å²) in [4.78, 5) is 25.1. The van der Waals surface area contributed by atoms with Gasteiger partial charge in [-0.1, -0.05) is 60.2 Å². The van der Waals surface area contributed by atoms with E-state index < -0.39 is 30.1 Å². The molecule has 5 nitrogen and oxygen atoms in total. The maximum Gasteiger partial charge on any atom is 0.509 e. The zero-order valence-electron chi connectivity index (χ0n) is 17.9. The highest BCUT2D eigenvalue weighted by molar-refractivity contribution is 6.74. The molecule has 0 aliphatic heterocycles. The van der Waals surface area contributed by atoms with Crippen LogP contribution in [0.5, 0.6) is 0 Å². The highest BCUT2D eigenvalue weighted by Crippen LogP contribution is 2.44. The predicted molar refractivity (Wildman–Crippen MR) is 120 cm³/mol. The molecule has 0 aromatic heterocycles. The minimum Gasteiger partial charge on any atom is -0.478 e. The molecule has 0 saturated heterocycles. The van der Waals surface area contributed by atoms with E-state index in [1.54, 1.807) is 0 Å². The minimum absolute atomic E-state index is 0.00901. The Labute approximate surface area is 188 Å². The van der Waals surface area contributed by atoms with Crippen LogP contribution < -0.4 is 10.4 Å². The molecule has 3 aromatic rings. The highest BCUT2D eigenvalue weighted by atomic mass is 19.4. The van der Waals surface area contributed by atoms with Crippen LogP contribution in [0.4, 0.5) is 23.4 Å². The van der Waals surface area contributed by atoms with Gasteiger partial charge in [0.1, 0.15) is 6.61 Å². The van der Waals surface area contributed by atoms with Crippen molar-refractivity contribution in [1.29, 1.82) is 0 Å². The van der Waals surface area contributed by atoms with Crippen LogP contribution in [-0.4, -0.2) is 37.8 Å². The van der Waals surface area contributed by atoms with E-state index in [2.05, 4.69) is 0 Å². The lowest BCUT2D eigenvalue weighted by molar-refractivity contribution is 0.0696. The molecule has 33 heavy (non-hydrogen) atoms. The molecule has 0 radical (unpaired) electrons. The Morgan fingerprint density at radius 2 is 1.55 bits per heavy atom. The normalized spacial score (nSPS) is 12.8. The van der Waals surface area contributed by atoms with Crippen molar-refractivity contribution in [2.24, 2.45) is 0 Å². The molecule has 9 heteroatoms. The number of benzene rings is 3. The highest BCUT2D eigenvalue weighted by Gasteiger charge is 2.32. The summed E-state index contributed by atoms with van der Waals surface area (Å²) in [6.07, 6.45) is -0.877. The van der Waals surface area contributed by atoms with E-state index in [1.807, 2.05) is 48.5 Å². The van der Waals surface area contributed by atoms with Crippen LogP contribution in [0.15, 0.2) is 60.7 Å². The van der Waals surface area contributed by atoms with Crippen molar-refractivity contribution in [1.82, 2.24) is 0 Å². The second-order valence-electron chi connectivity index (χ2n) is 7.95. The van der Waals surface area contributed by atoms with Crippen LogP contribution >= 0.6 is 0 Å². The van der Waals surface area contributed by atoms with Crippen molar-refractivity contribution >= 4 is 30.2 Å². The summed E-state index contributed by atoms with van der Waals surface area (Å²) < 4.78 is 46.0. The smallest absolute Gasteiger partial charge is 0.478 e. The van der Waals surface area contributed by atoms with Crippen LogP contribution in [0.2, 0.25) is 0 Å². The second-order valence-corrected chi connectivity index (χ2v) is 7.95. The molecule has 0 bridgehead atoms. The van der Waals surface area contributed by atoms with E-state index in [1.165, 1.54) is 7.05 Å². The van der Waals surface area contributed by atoms with Crippen molar-refractivity contribution in [2.75, 3.05) is 18.6 Å². The fraction of sp³-hybridized carbons (Fsp3) is 0.167. The summed E-state index contributed by atoms with van der Waals surface area (Å²) in [5.41, 5.74) is 1.93. The van der Waals surface area contributed by atoms with Gasteiger partial charge >= 0.3 is 19.0 Å². The number of anilines is 1. The van der Waals surface area contributed by atoms with Gasteiger partial charge in [0.2, 0.25) is 0 Å². The van der Waals surface area contributed by atoms with Crippen molar-refractivity contribution in [2.45, 2.75) is 12.8 Å². The first-order valence-electron chi connectivity index (χ1n) is 10.3. The minimum atomic E-state index is -5.47. The maximum atomic E-state index is 13.5. The van der Waals surface area contributed by atoms with E-state index in [0.717, 1.165) is 46.2 Å². The number of ether oxygens (including phenoxy) is 1. The summed E-state index contributed by atoms with van der Waals surface area (Å²) in [6.45, 7) is -4.38. The molecule has 1 aliphatic carbocycles. The number of aromatic carboxylic acids is 1. The molecule has 170 valence electrons. The van der Waals surface area contributed by atoms with Gasteiger partial charge in [-0.2, -0.15) is 0 Å². The molecule has 0 unspecified atom stereocenters. The molecule has 0 heterocycles. The summed E-state index contributed by atoms with van der Waals surface area (Å²) >= 11 is 0. The first kappa shape index (κ1) is 22.4. The van der Waals surface area contributed by atoms with Gasteiger partial charge in [-0.05, 0) is 35.2 Å². The Kier molecular flexibility index (Phi) is 5.65. The SMILES string of the molecule is Cc1c(C(=O)O)cc(N(C)C(=O)OCC2c3ccccc3-c3ccccc32)cc1[B-](F)(F)F. The Morgan fingerprint density at radius 3 is 2.06 bits per heavy atom. The summed E-state index contributed by atoms with van der Waals surface area (Å²) in [6, 6.07) is 17.3. The Morgan fingerprint density at radius 1 is 1.00 bits per heavy atom. The zero-order valence-corrected chi connectivity index (χ0v) is 17.9. The summed E-state index contributed by atoms with van der Waals surface area (Å²) in [5, 5.41) is 9.34. The van der Waals surface area contributed by atoms with Gasteiger partial charge in [0.15, 0.2) is 0 Å². The van der Waals surface area contributed by atoms with Gasteiger partial charge in [-0.15, -0.1) is 5.46 Å². The number of hydrogen-bond donors (Lipinski definition) is 1. The molecule has 4 rings (SSSR count). The monoisotopic (exact) mass is 454 g/mol. The molecule has 0 saturated carbocycles. The first-order chi connectivity index (χ1) is 15.6. The van der Waals surface area contributed by atoms with Gasteiger partial charge in [0.25, 0.3) is 0 Å². The van der Waals surface area contributed by atoms with Gasteiger partial charge in [0.05, 0.1) is 5.56 Å². The van der Waals surface area contributed by atoms with Crippen LogP contribution in [0.25, 0.3) is 11.1 Å². The number of carboxylic acids is 1. The molecule has 1 aliphatic rings. The van der Waals surface area contributed by atoms with E-state index >= 15 is 0 Å². The van der Waals surface area contributed by atoms with Crippen molar-refractivity contribution < 1.29 is 32.4 Å². The van der Waals surface area contributed by atoms with Crippen LogP contribution in [-0.2, 0) is 4.74 Å². The van der Waals surface area contributed by atoms with Crippen molar-refractivity contribution in [3.8, 4) is 11.1 Å². The topological polar surface area (TPSA) is 66.8 Å². The maximum absolute atomic E-state index is 13.5. The summed E-state index contributed by atoms with van der Waals surface area (Å²) in [7, 11) is 1.25. The molecule has 0 fully saturated rings. The Bertz CT molecular complexity index is 1210. The van der Waals surface area contributed by atoms with Crippen LogP contribution in [0.1, 0.15) is 33.0 Å². The lowest BCUT2D eigenvalue weighted by atomic mass is 9.75. The third-order valence-corrected chi connectivity index (χ3v) is 6.01. The van der Waals surface area contributed by atoms with Crippen molar-refractivity contribution in [3.05, 3.63) is 82.9 Å². The predicted octanol–water partition coefficient (Wildman–Crippen LogP) is 5.13. The standard InChI is InChI=1S/C24H20BF3NO4/c1-14-20(23(30)31)11-15(12-22(14)25(26,27)28)29(2)24(32)33-13-21-18-9-5-3-7-16(18)17-8-4-6-10-19(17)21/h3-12,21H,13H2,1-2H3,(H,30,31)/q-1. The van der Waals surface area contributed by atoms with Gasteiger partial charge in [-0.25, -0.2) is 9.59 Å². The lowest BCUT2D eigenvalue weighted by Crippen LogP contribution is -2.39. The van der Waals surface area contributed by atoms with E-state index in [-0.39, 0.29) is 23.8 Å². The Balaban J connectivity index is 1.59. The van der Waals surface area contributed by atoms with Gasteiger partial charge < -0.3 is 22.8 Å². The average Bonchev–Trinajstić information content (AvgIpc) is 3.10. The van der Waals surface area contributed by atoms with E-state index in [9.17, 15) is 27.6 Å². The molecule has 1 amide bonds. The number of carboxylic acid groups (broad SMARTS) is 1. The number of rotatable bonds is 5. The number of halogens is 3. The molecule has 1 N–H and O–H groups in total. The number of carbonyl (C=O) groups excluding carboxylic acids is 1. The number of nitrogens with zero attached hydrogens (tertiary/aromatic N) is 1. The van der Waals surface area contributed by atoms with Gasteiger partial charge in [-0.3, -0.25) is 4.90 Å². The third-order valence-electron chi connectivity index (χ3n) is 6.01. The fourth-order valence-electron chi connectivity index (χ4n) is 4.27. The van der Waals surface area contributed by atoms with Gasteiger partial charge in [0, 0.05) is 18.7 Å². The largest absolute Gasteiger partial charge is 0.509 e.